The van der Waals surface area contributed by atoms with Gasteiger partial charge in [-0.05, 0) is 12.8 Å². The molecule has 106 valence electrons. The number of imidazole rings is 1. The van der Waals surface area contributed by atoms with Crippen molar-refractivity contribution in [3.05, 3.63) is 18.2 Å². The molecule has 0 aromatic carbocycles. The molecule has 0 amide bonds. The Morgan fingerprint density at radius 3 is 2.74 bits per heavy atom. The smallest absolute Gasteiger partial charge is 0.356 e. The maximum absolute atomic E-state index is 11.9. The second kappa shape index (κ2) is 5.70. The molecule has 0 bridgehead atoms. The summed E-state index contributed by atoms with van der Waals surface area (Å²) in [5, 5.41) is 8.44. The minimum Gasteiger partial charge on any atom is -0.476 e. The largest absolute Gasteiger partial charge is 0.476 e. The van der Waals surface area contributed by atoms with Gasteiger partial charge in [0.2, 0.25) is 10.0 Å². The summed E-state index contributed by atoms with van der Waals surface area (Å²) in [6.45, 7) is 0.612. The number of carboxylic acid groups (broad SMARTS) is 1. The van der Waals surface area contributed by atoms with E-state index in [1.807, 2.05) is 0 Å². The monoisotopic (exact) mass is 287 g/mol. The molecule has 0 saturated heterocycles. The fraction of sp³-hybridized carbons (Fsp3) is 0.636. The van der Waals surface area contributed by atoms with Crippen molar-refractivity contribution < 1.29 is 18.3 Å². The Hall–Kier alpha value is -1.41. The molecule has 1 heterocycles. The van der Waals surface area contributed by atoms with Crippen LogP contribution in [0.2, 0.25) is 0 Å². The third kappa shape index (κ3) is 3.54. The topological polar surface area (TPSA) is 101 Å². The Kier molecular flexibility index (Phi) is 4.20. The normalized spacial score (nSPS) is 16.8. The summed E-state index contributed by atoms with van der Waals surface area (Å²) in [4.78, 5) is 14.3. The standard InChI is InChI=1S/C11H17N3O4S/c15-11(16)10-7-14(8-12-10)6-5-13-19(17,18)9-3-1-2-4-9/h7-9,13H,1-6H2,(H,15,16). The van der Waals surface area contributed by atoms with Crippen molar-refractivity contribution in [1.29, 1.82) is 0 Å². The molecule has 1 aromatic rings. The van der Waals surface area contributed by atoms with E-state index < -0.39 is 16.0 Å². The van der Waals surface area contributed by atoms with Crippen LogP contribution in [0.1, 0.15) is 36.2 Å². The van der Waals surface area contributed by atoms with E-state index in [9.17, 15) is 13.2 Å². The zero-order valence-electron chi connectivity index (χ0n) is 10.4. The highest BCUT2D eigenvalue weighted by Crippen LogP contribution is 2.23. The van der Waals surface area contributed by atoms with Gasteiger partial charge in [-0.1, -0.05) is 12.8 Å². The van der Waals surface area contributed by atoms with Gasteiger partial charge in [0, 0.05) is 19.3 Å². The van der Waals surface area contributed by atoms with E-state index in [4.69, 9.17) is 5.11 Å². The fourth-order valence-corrected chi connectivity index (χ4v) is 3.79. The highest BCUT2D eigenvalue weighted by atomic mass is 32.2. The molecule has 2 rings (SSSR count). The number of aromatic nitrogens is 2. The molecular weight excluding hydrogens is 270 g/mol. The number of carboxylic acids is 1. The van der Waals surface area contributed by atoms with Crippen molar-refractivity contribution >= 4 is 16.0 Å². The lowest BCUT2D eigenvalue weighted by Gasteiger charge is -2.12. The first kappa shape index (κ1) is 14.0. The molecule has 1 aliphatic rings. The summed E-state index contributed by atoms with van der Waals surface area (Å²) in [5.74, 6) is -1.09. The molecule has 0 unspecified atom stereocenters. The molecule has 1 aliphatic carbocycles. The Balaban J connectivity index is 1.83. The molecule has 0 radical (unpaired) electrons. The van der Waals surface area contributed by atoms with E-state index in [0.717, 1.165) is 25.7 Å². The number of aromatic carboxylic acids is 1. The van der Waals surface area contributed by atoms with Gasteiger partial charge in [-0.3, -0.25) is 0 Å². The van der Waals surface area contributed by atoms with E-state index in [-0.39, 0.29) is 17.5 Å². The minimum atomic E-state index is -3.24. The highest BCUT2D eigenvalue weighted by molar-refractivity contribution is 7.90. The van der Waals surface area contributed by atoms with Crippen molar-refractivity contribution in [2.24, 2.45) is 0 Å². The molecule has 19 heavy (non-hydrogen) atoms. The summed E-state index contributed by atoms with van der Waals surface area (Å²) >= 11 is 0. The minimum absolute atomic E-state index is 0.0429. The van der Waals surface area contributed by atoms with Crippen LogP contribution < -0.4 is 4.72 Å². The molecule has 8 heteroatoms. The molecule has 7 nitrogen and oxygen atoms in total. The zero-order valence-corrected chi connectivity index (χ0v) is 11.3. The number of hydrogen-bond acceptors (Lipinski definition) is 4. The first-order chi connectivity index (χ1) is 8.99. The van der Waals surface area contributed by atoms with E-state index in [1.165, 1.54) is 12.5 Å². The van der Waals surface area contributed by atoms with Crippen LogP contribution in [-0.4, -0.2) is 40.8 Å². The molecule has 2 N–H and O–H groups in total. The van der Waals surface area contributed by atoms with Crippen molar-refractivity contribution in [3.8, 4) is 0 Å². The van der Waals surface area contributed by atoms with Gasteiger partial charge in [0.05, 0.1) is 11.6 Å². The van der Waals surface area contributed by atoms with Crippen LogP contribution >= 0.6 is 0 Å². The summed E-state index contributed by atoms with van der Waals surface area (Å²) in [5.41, 5.74) is -0.0429. The average molecular weight is 287 g/mol. The van der Waals surface area contributed by atoms with Crippen molar-refractivity contribution in [1.82, 2.24) is 14.3 Å². The van der Waals surface area contributed by atoms with E-state index in [0.29, 0.717) is 6.54 Å². The number of hydrogen-bond donors (Lipinski definition) is 2. The third-order valence-electron chi connectivity index (χ3n) is 3.27. The number of rotatable bonds is 6. The molecule has 1 fully saturated rings. The first-order valence-corrected chi connectivity index (χ1v) is 7.77. The van der Waals surface area contributed by atoms with E-state index >= 15 is 0 Å². The van der Waals surface area contributed by atoms with Crippen LogP contribution in [0.25, 0.3) is 0 Å². The van der Waals surface area contributed by atoms with Gasteiger partial charge in [0.15, 0.2) is 5.69 Å². The molecular formula is C11H17N3O4S. The summed E-state index contributed by atoms with van der Waals surface area (Å²) < 4.78 is 27.9. The van der Waals surface area contributed by atoms with Gasteiger partial charge in [-0.15, -0.1) is 0 Å². The van der Waals surface area contributed by atoms with Crippen molar-refractivity contribution in [2.45, 2.75) is 37.5 Å². The van der Waals surface area contributed by atoms with Crippen LogP contribution in [0.5, 0.6) is 0 Å². The number of carbonyl (C=O) groups is 1. The number of nitrogens with one attached hydrogen (secondary N) is 1. The summed E-state index contributed by atoms with van der Waals surface area (Å²) in [6, 6.07) is 0. The molecule has 1 aromatic heterocycles. The Morgan fingerprint density at radius 1 is 1.47 bits per heavy atom. The summed E-state index contributed by atoms with van der Waals surface area (Å²) in [7, 11) is -3.24. The van der Waals surface area contributed by atoms with E-state index in [2.05, 4.69) is 9.71 Å². The zero-order chi connectivity index (χ0) is 13.9. The maximum atomic E-state index is 11.9. The van der Waals surface area contributed by atoms with E-state index in [1.54, 1.807) is 4.57 Å². The number of sulfonamides is 1. The molecule has 1 saturated carbocycles. The second-order valence-electron chi connectivity index (χ2n) is 4.65. The predicted molar refractivity (Wildman–Crippen MR) is 68.4 cm³/mol. The lowest BCUT2D eigenvalue weighted by molar-refractivity contribution is 0.0691. The lowest BCUT2D eigenvalue weighted by atomic mass is 10.4. The molecule has 0 atom stereocenters. The van der Waals surface area contributed by atoms with Gasteiger partial charge >= 0.3 is 5.97 Å². The van der Waals surface area contributed by atoms with Gasteiger partial charge in [-0.2, -0.15) is 0 Å². The van der Waals surface area contributed by atoms with Crippen LogP contribution in [0.3, 0.4) is 0 Å². The van der Waals surface area contributed by atoms with Crippen molar-refractivity contribution in [2.75, 3.05) is 6.54 Å². The molecule has 0 aliphatic heterocycles. The quantitative estimate of drug-likeness (QED) is 0.790. The lowest BCUT2D eigenvalue weighted by Crippen LogP contribution is -2.34. The Morgan fingerprint density at radius 2 is 2.16 bits per heavy atom. The molecule has 0 spiro atoms. The second-order valence-corrected chi connectivity index (χ2v) is 6.69. The van der Waals surface area contributed by atoms with Gasteiger partial charge in [-0.25, -0.2) is 22.9 Å². The van der Waals surface area contributed by atoms with Gasteiger partial charge in [0.1, 0.15) is 0 Å². The fourth-order valence-electron chi connectivity index (χ4n) is 2.23. The predicted octanol–water partition coefficient (Wildman–Crippen LogP) is 0.443. The Bertz CT molecular complexity index is 546. The maximum Gasteiger partial charge on any atom is 0.356 e. The highest BCUT2D eigenvalue weighted by Gasteiger charge is 2.27. The van der Waals surface area contributed by atoms with Crippen LogP contribution in [0, 0.1) is 0 Å². The SMILES string of the molecule is O=C(O)c1cn(CCNS(=O)(=O)C2CCCC2)cn1. The Labute approximate surface area is 111 Å². The number of nitrogens with zero attached hydrogens (tertiary/aromatic N) is 2. The van der Waals surface area contributed by atoms with Crippen LogP contribution in [-0.2, 0) is 16.6 Å². The summed E-state index contributed by atoms with van der Waals surface area (Å²) in [6.07, 6.45) is 6.15. The van der Waals surface area contributed by atoms with Crippen LogP contribution in [0.4, 0.5) is 0 Å². The van der Waals surface area contributed by atoms with Crippen LogP contribution in [0.15, 0.2) is 12.5 Å². The average Bonchev–Trinajstić information content (AvgIpc) is 3.00. The third-order valence-corrected chi connectivity index (χ3v) is 5.22. The van der Waals surface area contributed by atoms with Gasteiger partial charge in [0.25, 0.3) is 0 Å². The van der Waals surface area contributed by atoms with Gasteiger partial charge < -0.3 is 9.67 Å². The van der Waals surface area contributed by atoms with Crippen molar-refractivity contribution in [3.63, 3.8) is 0 Å². The first-order valence-electron chi connectivity index (χ1n) is 6.22.